The number of carbonyl (C=O) groups excluding carboxylic acids is 2. The number of ether oxygens (including phenoxy) is 1. The van der Waals surface area contributed by atoms with Crippen molar-refractivity contribution in [2.45, 2.75) is 0 Å². The first-order chi connectivity index (χ1) is 15.5. The molecule has 2 amide bonds. The maximum absolute atomic E-state index is 12.9. The summed E-state index contributed by atoms with van der Waals surface area (Å²) in [5.41, 5.74) is 2.10. The van der Waals surface area contributed by atoms with Gasteiger partial charge in [-0.3, -0.25) is 14.5 Å². The van der Waals surface area contributed by atoms with Gasteiger partial charge in [-0.1, -0.05) is 72.0 Å². The van der Waals surface area contributed by atoms with Gasteiger partial charge in [-0.2, -0.15) is 0 Å². The van der Waals surface area contributed by atoms with E-state index in [9.17, 15) is 9.59 Å². The van der Waals surface area contributed by atoms with Gasteiger partial charge in [-0.15, -0.1) is 0 Å². The molecule has 1 N–H and O–H groups in total. The molecule has 3 aromatic rings. The first-order valence-corrected chi connectivity index (χ1v) is 11.2. The van der Waals surface area contributed by atoms with Crippen molar-refractivity contribution >= 4 is 69.2 Å². The van der Waals surface area contributed by atoms with Gasteiger partial charge in [0.05, 0.1) is 10.6 Å². The average Bonchev–Trinajstić information content (AvgIpc) is 3.06. The van der Waals surface area contributed by atoms with Gasteiger partial charge < -0.3 is 10.1 Å². The number of nitrogens with zero attached hydrogens (tertiary/aromatic N) is 1. The largest absolute Gasteiger partial charge is 0.484 e. The zero-order valence-corrected chi connectivity index (χ0v) is 19.0. The van der Waals surface area contributed by atoms with E-state index in [1.165, 1.54) is 16.7 Å². The van der Waals surface area contributed by atoms with Crippen LogP contribution in [-0.4, -0.2) is 22.7 Å². The Kier molecular flexibility index (Phi) is 6.90. The van der Waals surface area contributed by atoms with E-state index in [0.717, 1.165) is 11.3 Å². The smallest absolute Gasteiger partial charge is 0.270 e. The summed E-state index contributed by atoms with van der Waals surface area (Å²) in [5.74, 6) is 0.0401. The van der Waals surface area contributed by atoms with E-state index in [0.29, 0.717) is 25.7 Å². The third kappa shape index (κ3) is 5.37. The second kappa shape index (κ2) is 9.99. The number of halogens is 1. The lowest BCUT2D eigenvalue weighted by Gasteiger charge is -2.13. The van der Waals surface area contributed by atoms with E-state index >= 15 is 0 Å². The van der Waals surface area contributed by atoms with Crippen LogP contribution in [0.15, 0.2) is 83.8 Å². The minimum Gasteiger partial charge on any atom is -0.484 e. The van der Waals surface area contributed by atoms with Crippen LogP contribution in [0.4, 0.5) is 11.4 Å². The molecule has 0 spiro atoms. The first-order valence-electron chi connectivity index (χ1n) is 9.61. The molecule has 160 valence electrons. The molecule has 0 atom stereocenters. The fraction of sp³-hybridized carbons (Fsp3) is 0.0417. The number of carbonyl (C=O) groups is 2. The SMILES string of the molecule is O=C(COc1cccc(/C=C2\SC(=S)N(c3ccccc3)C2=O)c1)Nc1cccc(Cl)c1. The molecular weight excluding hydrogens is 464 g/mol. The number of hydrogen-bond donors (Lipinski definition) is 1. The zero-order valence-electron chi connectivity index (χ0n) is 16.7. The highest BCUT2D eigenvalue weighted by Crippen LogP contribution is 2.36. The van der Waals surface area contributed by atoms with Crippen LogP contribution in [0.2, 0.25) is 5.02 Å². The first kappa shape index (κ1) is 22.1. The number of para-hydroxylation sites is 1. The lowest BCUT2D eigenvalue weighted by Crippen LogP contribution is -2.27. The van der Waals surface area contributed by atoms with Gasteiger partial charge in [0.15, 0.2) is 10.9 Å². The Morgan fingerprint density at radius 2 is 1.84 bits per heavy atom. The number of thiocarbonyl (C=S) groups is 1. The predicted molar refractivity (Wildman–Crippen MR) is 134 cm³/mol. The predicted octanol–water partition coefficient (Wildman–Crippen LogP) is 5.76. The molecule has 1 fully saturated rings. The molecule has 5 nitrogen and oxygen atoms in total. The van der Waals surface area contributed by atoms with Crippen LogP contribution in [0.3, 0.4) is 0 Å². The van der Waals surface area contributed by atoms with Crippen LogP contribution in [0.5, 0.6) is 5.75 Å². The van der Waals surface area contributed by atoms with Crippen molar-refractivity contribution in [2.75, 3.05) is 16.8 Å². The molecule has 1 heterocycles. The van der Waals surface area contributed by atoms with E-state index in [1.54, 1.807) is 48.5 Å². The molecule has 0 saturated carbocycles. The number of thioether (sulfide) groups is 1. The Morgan fingerprint density at radius 1 is 1.06 bits per heavy atom. The van der Waals surface area contributed by atoms with Gasteiger partial charge in [-0.25, -0.2) is 0 Å². The second-order valence-corrected chi connectivity index (χ2v) is 8.88. The summed E-state index contributed by atoms with van der Waals surface area (Å²) in [4.78, 5) is 27.1. The normalized spacial score (nSPS) is 14.7. The highest BCUT2D eigenvalue weighted by atomic mass is 35.5. The monoisotopic (exact) mass is 480 g/mol. The molecule has 0 bridgehead atoms. The highest BCUT2D eigenvalue weighted by Gasteiger charge is 2.33. The van der Waals surface area contributed by atoms with Crippen molar-refractivity contribution in [2.24, 2.45) is 0 Å². The maximum Gasteiger partial charge on any atom is 0.270 e. The number of anilines is 2. The lowest BCUT2D eigenvalue weighted by atomic mass is 10.2. The maximum atomic E-state index is 12.9. The number of rotatable bonds is 6. The van der Waals surface area contributed by atoms with Gasteiger partial charge in [-0.05, 0) is 54.1 Å². The standard InChI is InChI=1S/C24H17ClN2O3S2/c25-17-7-5-8-18(14-17)26-22(28)15-30-20-11-4-6-16(12-20)13-21-23(29)27(24(31)32-21)19-9-2-1-3-10-19/h1-14H,15H2,(H,26,28)/b21-13-. The fourth-order valence-electron chi connectivity index (χ4n) is 3.03. The summed E-state index contributed by atoms with van der Waals surface area (Å²) >= 11 is 12.6. The summed E-state index contributed by atoms with van der Waals surface area (Å²) in [5, 5.41) is 3.27. The minimum absolute atomic E-state index is 0.161. The second-order valence-electron chi connectivity index (χ2n) is 6.77. The van der Waals surface area contributed by atoms with Crippen LogP contribution < -0.4 is 15.0 Å². The fourth-order valence-corrected chi connectivity index (χ4v) is 4.51. The van der Waals surface area contributed by atoms with Crippen molar-refractivity contribution in [3.8, 4) is 5.75 Å². The molecule has 3 aromatic carbocycles. The molecule has 0 aromatic heterocycles. The van der Waals surface area contributed by atoms with E-state index < -0.39 is 0 Å². The molecule has 0 radical (unpaired) electrons. The molecule has 4 rings (SSSR count). The number of hydrogen-bond acceptors (Lipinski definition) is 5. The Bertz CT molecular complexity index is 1210. The van der Waals surface area contributed by atoms with E-state index in [4.69, 9.17) is 28.6 Å². The van der Waals surface area contributed by atoms with Crippen LogP contribution >= 0.6 is 35.6 Å². The third-order valence-electron chi connectivity index (χ3n) is 4.44. The minimum atomic E-state index is -0.304. The van der Waals surface area contributed by atoms with Crippen molar-refractivity contribution in [3.63, 3.8) is 0 Å². The Balaban J connectivity index is 1.42. The van der Waals surface area contributed by atoms with E-state index in [1.807, 2.05) is 36.4 Å². The van der Waals surface area contributed by atoms with E-state index in [-0.39, 0.29) is 18.4 Å². The molecule has 1 aliphatic heterocycles. The Morgan fingerprint density at radius 3 is 2.62 bits per heavy atom. The van der Waals surface area contributed by atoms with Crippen molar-refractivity contribution in [1.82, 2.24) is 0 Å². The van der Waals surface area contributed by atoms with Crippen LogP contribution in [0.1, 0.15) is 5.56 Å². The van der Waals surface area contributed by atoms with Crippen LogP contribution in [0, 0.1) is 0 Å². The number of amides is 2. The van der Waals surface area contributed by atoms with Crippen molar-refractivity contribution < 1.29 is 14.3 Å². The summed E-state index contributed by atoms with van der Waals surface area (Å²) in [6.07, 6.45) is 1.77. The average molecular weight is 481 g/mol. The van der Waals surface area contributed by atoms with Gasteiger partial charge in [0.2, 0.25) is 0 Å². The Hall–Kier alpha value is -3.13. The highest BCUT2D eigenvalue weighted by molar-refractivity contribution is 8.27. The summed E-state index contributed by atoms with van der Waals surface area (Å²) in [6.45, 7) is -0.161. The van der Waals surface area contributed by atoms with E-state index in [2.05, 4.69) is 5.32 Å². The topological polar surface area (TPSA) is 58.6 Å². The molecule has 1 saturated heterocycles. The molecule has 0 aliphatic carbocycles. The van der Waals surface area contributed by atoms with Gasteiger partial charge in [0, 0.05) is 10.7 Å². The van der Waals surface area contributed by atoms with Crippen LogP contribution in [-0.2, 0) is 9.59 Å². The number of nitrogens with one attached hydrogen (secondary N) is 1. The molecule has 1 aliphatic rings. The van der Waals surface area contributed by atoms with Crippen molar-refractivity contribution in [3.05, 3.63) is 94.4 Å². The molecule has 32 heavy (non-hydrogen) atoms. The summed E-state index contributed by atoms with van der Waals surface area (Å²) < 4.78 is 6.10. The van der Waals surface area contributed by atoms with Gasteiger partial charge in [0.25, 0.3) is 11.8 Å². The lowest BCUT2D eigenvalue weighted by molar-refractivity contribution is -0.118. The third-order valence-corrected chi connectivity index (χ3v) is 5.98. The summed E-state index contributed by atoms with van der Waals surface area (Å²) in [6, 6.07) is 23.4. The summed E-state index contributed by atoms with van der Waals surface area (Å²) in [7, 11) is 0. The molecule has 0 unspecified atom stereocenters. The van der Waals surface area contributed by atoms with Crippen LogP contribution in [0.25, 0.3) is 6.08 Å². The Labute approximate surface area is 200 Å². The zero-order chi connectivity index (χ0) is 22.5. The quantitative estimate of drug-likeness (QED) is 0.359. The van der Waals surface area contributed by atoms with Gasteiger partial charge in [0.1, 0.15) is 5.75 Å². The van der Waals surface area contributed by atoms with Gasteiger partial charge >= 0.3 is 0 Å². The molecule has 8 heteroatoms. The molecular formula is C24H17ClN2O3S2. The number of benzene rings is 3. The van der Waals surface area contributed by atoms with Crippen molar-refractivity contribution in [1.29, 1.82) is 0 Å².